The summed E-state index contributed by atoms with van der Waals surface area (Å²) in [5.74, 6) is 0.127. The number of anilines is 1. The second-order valence-electron chi connectivity index (χ2n) is 7.18. The number of rotatable bonds is 6. The molecule has 0 saturated carbocycles. The normalized spacial score (nSPS) is 14.1. The molecule has 0 atom stereocenters. The molecule has 1 aliphatic heterocycles. The van der Waals surface area contributed by atoms with Gasteiger partial charge in [-0.15, -0.1) is 0 Å². The van der Waals surface area contributed by atoms with Gasteiger partial charge in [-0.05, 0) is 25.5 Å². The smallest absolute Gasteiger partial charge is 0.318 e. The zero-order chi connectivity index (χ0) is 20.5. The molecule has 7 nitrogen and oxygen atoms in total. The van der Waals surface area contributed by atoms with Gasteiger partial charge in [0, 0.05) is 37.3 Å². The van der Waals surface area contributed by atoms with Crippen molar-refractivity contribution in [1.29, 1.82) is 0 Å². The second kappa shape index (κ2) is 7.79. The summed E-state index contributed by atoms with van der Waals surface area (Å²) in [7, 11) is 0. The number of ketones is 1. The molecule has 0 unspecified atom stereocenters. The van der Waals surface area contributed by atoms with Crippen molar-refractivity contribution in [2.24, 2.45) is 0 Å². The van der Waals surface area contributed by atoms with Crippen LogP contribution >= 0.6 is 11.3 Å². The summed E-state index contributed by atoms with van der Waals surface area (Å²) in [6.45, 7) is 7.52. The number of carbonyl (C=O) groups excluding carboxylic acids is 2. The molecule has 8 heteroatoms. The molecule has 3 heterocycles. The van der Waals surface area contributed by atoms with E-state index in [4.69, 9.17) is 0 Å². The van der Waals surface area contributed by atoms with Crippen LogP contribution in [0.15, 0.2) is 30.3 Å². The van der Waals surface area contributed by atoms with Crippen molar-refractivity contribution in [3.63, 3.8) is 0 Å². The van der Waals surface area contributed by atoms with Crippen molar-refractivity contribution >= 4 is 28.3 Å². The summed E-state index contributed by atoms with van der Waals surface area (Å²) in [5.41, 5.74) is 4.44. The van der Waals surface area contributed by atoms with Gasteiger partial charge in [-0.1, -0.05) is 42.5 Å². The Morgan fingerprint density at radius 1 is 1.21 bits per heavy atom. The fourth-order valence-corrected chi connectivity index (χ4v) is 4.44. The van der Waals surface area contributed by atoms with Crippen LogP contribution in [-0.4, -0.2) is 45.0 Å². The second-order valence-corrected chi connectivity index (χ2v) is 8.15. The lowest BCUT2D eigenvalue weighted by Gasteiger charge is -2.17. The van der Waals surface area contributed by atoms with Crippen LogP contribution in [0.3, 0.4) is 0 Å². The van der Waals surface area contributed by atoms with Gasteiger partial charge in [0.25, 0.3) is 0 Å². The van der Waals surface area contributed by atoms with E-state index in [0.717, 1.165) is 27.5 Å². The Labute approximate surface area is 173 Å². The monoisotopic (exact) mass is 409 g/mol. The lowest BCUT2D eigenvalue weighted by molar-refractivity contribution is 0.0988. The molecule has 1 fully saturated rings. The first-order valence-electron chi connectivity index (χ1n) is 9.64. The number of H-pyrrole nitrogens is 1. The van der Waals surface area contributed by atoms with Crippen LogP contribution < -0.4 is 4.90 Å². The van der Waals surface area contributed by atoms with Crippen LogP contribution in [0.25, 0.3) is 10.6 Å². The number of amides is 2. The van der Waals surface area contributed by atoms with Gasteiger partial charge in [0.05, 0.1) is 10.6 Å². The van der Waals surface area contributed by atoms with E-state index in [1.807, 2.05) is 56.0 Å². The highest BCUT2D eigenvalue weighted by Crippen LogP contribution is 2.35. The average molecular weight is 410 g/mol. The van der Waals surface area contributed by atoms with E-state index in [0.29, 0.717) is 36.8 Å². The summed E-state index contributed by atoms with van der Waals surface area (Å²) in [4.78, 5) is 33.8. The number of nitrogens with zero attached hydrogens (tertiary/aromatic N) is 4. The molecule has 1 aliphatic rings. The quantitative estimate of drug-likeness (QED) is 0.619. The van der Waals surface area contributed by atoms with Gasteiger partial charge >= 0.3 is 6.03 Å². The summed E-state index contributed by atoms with van der Waals surface area (Å²) in [6, 6.07) is 9.45. The Morgan fingerprint density at radius 3 is 2.62 bits per heavy atom. The predicted molar refractivity (Wildman–Crippen MR) is 113 cm³/mol. The number of hydrogen-bond donors (Lipinski definition) is 1. The van der Waals surface area contributed by atoms with Crippen LogP contribution in [0.4, 0.5) is 9.93 Å². The molecular formula is C21H23N5O2S. The Hall–Kier alpha value is -3.00. The van der Waals surface area contributed by atoms with E-state index in [1.165, 1.54) is 11.3 Å². The molecule has 150 valence electrons. The zero-order valence-corrected chi connectivity index (χ0v) is 17.5. The van der Waals surface area contributed by atoms with E-state index < -0.39 is 0 Å². The third-order valence-corrected chi connectivity index (χ3v) is 6.22. The number of aromatic amines is 1. The molecule has 1 saturated heterocycles. The van der Waals surface area contributed by atoms with Gasteiger partial charge in [0.15, 0.2) is 10.9 Å². The first kappa shape index (κ1) is 19.3. The van der Waals surface area contributed by atoms with Crippen LogP contribution in [0.2, 0.25) is 0 Å². The summed E-state index contributed by atoms with van der Waals surface area (Å²) < 4.78 is 0. The highest BCUT2D eigenvalue weighted by Gasteiger charge is 2.32. The van der Waals surface area contributed by atoms with Crippen molar-refractivity contribution in [1.82, 2.24) is 20.1 Å². The van der Waals surface area contributed by atoms with Crippen molar-refractivity contribution in [3.05, 3.63) is 52.8 Å². The molecule has 2 amide bonds. The molecule has 1 N–H and O–H groups in total. The van der Waals surface area contributed by atoms with Crippen LogP contribution in [-0.2, 0) is 6.54 Å². The molecule has 0 bridgehead atoms. The van der Waals surface area contributed by atoms with Crippen molar-refractivity contribution in [2.75, 3.05) is 18.0 Å². The van der Waals surface area contributed by atoms with E-state index in [2.05, 4.69) is 15.2 Å². The lowest BCUT2D eigenvalue weighted by atomic mass is 10.1. The molecule has 0 spiro atoms. The number of urea groups is 1. The Kier molecular flexibility index (Phi) is 5.19. The predicted octanol–water partition coefficient (Wildman–Crippen LogP) is 4.18. The molecule has 3 aromatic rings. The number of aryl methyl sites for hydroxylation is 2. The van der Waals surface area contributed by atoms with Crippen molar-refractivity contribution < 1.29 is 9.59 Å². The lowest BCUT2D eigenvalue weighted by Crippen LogP contribution is -2.31. The average Bonchev–Trinajstić information content (AvgIpc) is 3.41. The minimum absolute atomic E-state index is 0.0442. The van der Waals surface area contributed by atoms with Gasteiger partial charge in [0.2, 0.25) is 0 Å². The first-order chi connectivity index (χ1) is 14.0. The van der Waals surface area contributed by atoms with Crippen molar-refractivity contribution in [3.8, 4) is 10.6 Å². The Bertz CT molecular complexity index is 1050. The van der Waals surface area contributed by atoms with Gasteiger partial charge in [-0.3, -0.25) is 14.8 Å². The molecule has 4 rings (SSSR count). The van der Waals surface area contributed by atoms with E-state index >= 15 is 0 Å². The maximum absolute atomic E-state index is 12.9. The standard InChI is InChI=1S/C21H23N5O2S/c1-4-18(27)16-7-5-15(6-8-16)12-25-9-10-26(21(25)28)20-22-14(3)19(29-20)17-11-13(2)23-24-17/h5-8,11H,4,9-10,12H2,1-3H3,(H,23,24). The third-order valence-electron chi connectivity index (χ3n) is 5.02. The van der Waals surface area contributed by atoms with Gasteiger partial charge in [-0.2, -0.15) is 5.10 Å². The fourth-order valence-electron chi connectivity index (χ4n) is 3.40. The third kappa shape index (κ3) is 3.80. The number of carbonyl (C=O) groups is 2. The molecule has 0 radical (unpaired) electrons. The number of thiazole rings is 1. The minimum atomic E-state index is -0.0442. The molecule has 2 aromatic heterocycles. The van der Waals surface area contributed by atoms with Crippen molar-refractivity contribution in [2.45, 2.75) is 33.7 Å². The van der Waals surface area contributed by atoms with Gasteiger partial charge < -0.3 is 4.90 Å². The van der Waals surface area contributed by atoms with Crippen LogP contribution in [0, 0.1) is 13.8 Å². The highest BCUT2D eigenvalue weighted by molar-refractivity contribution is 7.19. The van der Waals surface area contributed by atoms with E-state index in [-0.39, 0.29) is 11.8 Å². The maximum atomic E-state index is 12.9. The Balaban J connectivity index is 1.47. The maximum Gasteiger partial charge on any atom is 0.326 e. The van der Waals surface area contributed by atoms with Crippen LogP contribution in [0.5, 0.6) is 0 Å². The Morgan fingerprint density at radius 2 is 1.97 bits per heavy atom. The molecule has 29 heavy (non-hydrogen) atoms. The largest absolute Gasteiger partial charge is 0.326 e. The zero-order valence-electron chi connectivity index (χ0n) is 16.7. The van der Waals surface area contributed by atoms with E-state index in [1.54, 1.807) is 4.90 Å². The number of hydrogen-bond acceptors (Lipinski definition) is 5. The SMILES string of the molecule is CCC(=O)c1ccc(CN2CCN(c3nc(C)c(-c4cc(C)[nH]n4)s3)C2=O)cc1. The number of benzene rings is 1. The van der Waals surface area contributed by atoms with E-state index in [9.17, 15) is 9.59 Å². The fraction of sp³-hybridized carbons (Fsp3) is 0.333. The summed E-state index contributed by atoms with van der Waals surface area (Å²) in [5, 5.41) is 7.96. The first-order valence-corrected chi connectivity index (χ1v) is 10.5. The number of Topliss-reactive ketones (excluding diaryl/α,β-unsaturated/α-hetero) is 1. The number of nitrogens with one attached hydrogen (secondary N) is 1. The molecule has 0 aliphatic carbocycles. The summed E-state index contributed by atoms with van der Waals surface area (Å²) in [6.07, 6.45) is 0.492. The highest BCUT2D eigenvalue weighted by atomic mass is 32.1. The number of aromatic nitrogens is 3. The molecular weight excluding hydrogens is 386 g/mol. The van der Waals surface area contributed by atoms with Crippen LogP contribution in [0.1, 0.15) is 40.7 Å². The minimum Gasteiger partial charge on any atom is -0.318 e. The van der Waals surface area contributed by atoms with Gasteiger partial charge in [-0.25, -0.2) is 9.78 Å². The topological polar surface area (TPSA) is 82.2 Å². The summed E-state index contributed by atoms with van der Waals surface area (Å²) >= 11 is 1.49. The molecule has 1 aromatic carbocycles. The van der Waals surface area contributed by atoms with Gasteiger partial charge in [0.1, 0.15) is 5.69 Å².